The molecular formula is C36H58BrCl2N9O17. The van der Waals surface area contributed by atoms with Gasteiger partial charge in [0.2, 0.25) is 53.2 Å². The number of hydrogen-bond donors (Lipinski definition) is 10. The Morgan fingerprint density at radius 3 is 1.31 bits per heavy atom. The third-order valence-corrected chi connectivity index (χ3v) is 8.80. The van der Waals surface area contributed by atoms with Gasteiger partial charge in [-0.15, -0.1) is 23.2 Å². The predicted molar refractivity (Wildman–Crippen MR) is 231 cm³/mol. The molecule has 0 aromatic heterocycles. The molecule has 370 valence electrons. The Labute approximate surface area is 392 Å². The minimum absolute atomic E-state index is 0.000201. The highest BCUT2D eigenvalue weighted by Crippen LogP contribution is 2.05. The average molecular weight is 1040 g/mol. The number of hydrogen-bond acceptors (Lipinski definition) is 15. The zero-order valence-corrected chi connectivity index (χ0v) is 38.6. The van der Waals surface area contributed by atoms with E-state index >= 15 is 0 Å². The van der Waals surface area contributed by atoms with Crippen LogP contribution in [-0.4, -0.2) is 215 Å². The molecule has 2 atom stereocenters. The number of aliphatic carboxylic acids is 2. The van der Waals surface area contributed by atoms with Crippen LogP contribution in [0, 0.1) is 0 Å². The highest BCUT2D eigenvalue weighted by atomic mass is 79.9. The fourth-order valence-electron chi connectivity index (χ4n) is 4.75. The van der Waals surface area contributed by atoms with Gasteiger partial charge in [-0.1, -0.05) is 15.9 Å². The van der Waals surface area contributed by atoms with E-state index in [1.54, 1.807) is 0 Å². The van der Waals surface area contributed by atoms with Crippen LogP contribution in [0.1, 0.15) is 25.7 Å². The summed E-state index contributed by atoms with van der Waals surface area (Å²) in [7, 11) is 0. The molecule has 0 aliphatic carbocycles. The molecular weight excluding hydrogens is 981 g/mol. The van der Waals surface area contributed by atoms with Gasteiger partial charge in [-0.2, -0.15) is 0 Å². The Hall–Kier alpha value is -4.93. The van der Waals surface area contributed by atoms with Crippen molar-refractivity contribution in [1.29, 1.82) is 0 Å². The van der Waals surface area contributed by atoms with Crippen molar-refractivity contribution in [3.05, 3.63) is 0 Å². The summed E-state index contributed by atoms with van der Waals surface area (Å²) >= 11 is 13.8. The van der Waals surface area contributed by atoms with Gasteiger partial charge in [-0.3, -0.25) is 47.9 Å². The van der Waals surface area contributed by atoms with E-state index in [-0.39, 0.29) is 108 Å². The second-order valence-electron chi connectivity index (χ2n) is 13.1. The van der Waals surface area contributed by atoms with Crippen molar-refractivity contribution in [2.45, 2.75) is 37.8 Å². The maximum atomic E-state index is 13.6. The number of halogens is 3. The smallest absolute Gasteiger partial charge is 0.326 e. The molecule has 1 unspecified atom stereocenters. The molecule has 0 aliphatic heterocycles. The minimum atomic E-state index is -1.52. The minimum Gasteiger partial charge on any atom is -0.481 e. The summed E-state index contributed by atoms with van der Waals surface area (Å²) in [6, 6.07) is -2.87. The maximum absolute atomic E-state index is 13.6. The molecule has 29 heteroatoms. The van der Waals surface area contributed by atoms with Gasteiger partial charge in [0, 0.05) is 52.1 Å². The van der Waals surface area contributed by atoms with E-state index in [9.17, 15) is 63.0 Å². The highest BCUT2D eigenvalue weighted by Gasteiger charge is 2.29. The molecule has 0 aromatic rings. The zero-order valence-electron chi connectivity index (χ0n) is 35.5. The summed E-state index contributed by atoms with van der Waals surface area (Å²) in [6.45, 7) is -2.04. The Morgan fingerprint density at radius 1 is 0.477 bits per heavy atom. The molecule has 0 saturated heterocycles. The van der Waals surface area contributed by atoms with Crippen LogP contribution in [-0.2, 0) is 71.7 Å². The van der Waals surface area contributed by atoms with Gasteiger partial charge in [-0.05, 0) is 12.8 Å². The number of alkyl halides is 3. The van der Waals surface area contributed by atoms with Crippen molar-refractivity contribution in [2.75, 3.05) is 122 Å². The number of carboxylic acids is 2. The molecule has 0 aromatic carbocycles. The van der Waals surface area contributed by atoms with E-state index in [1.165, 1.54) is 0 Å². The molecule has 0 aliphatic rings. The second-order valence-corrected chi connectivity index (χ2v) is 14.2. The summed E-state index contributed by atoms with van der Waals surface area (Å²) < 4.78 is 21.0. The van der Waals surface area contributed by atoms with Crippen molar-refractivity contribution in [1.82, 2.24) is 47.4 Å². The molecule has 0 heterocycles. The lowest BCUT2D eigenvalue weighted by Crippen LogP contribution is -2.54. The number of carbonyl (C=O) groups is 11. The van der Waals surface area contributed by atoms with Crippen LogP contribution in [0.5, 0.6) is 0 Å². The van der Waals surface area contributed by atoms with Crippen LogP contribution in [0.4, 0.5) is 0 Å². The van der Waals surface area contributed by atoms with Crippen molar-refractivity contribution in [3.63, 3.8) is 0 Å². The third-order valence-electron chi connectivity index (χ3n) is 7.80. The normalized spacial score (nSPS) is 11.5. The topological polar surface area (TPSA) is 365 Å². The first-order valence-electron chi connectivity index (χ1n) is 19.9. The summed E-state index contributed by atoms with van der Waals surface area (Å²) in [6.07, 6.45) is -1.46. The van der Waals surface area contributed by atoms with E-state index in [0.717, 1.165) is 4.90 Å². The van der Waals surface area contributed by atoms with Gasteiger partial charge in [-0.25, -0.2) is 4.79 Å². The first kappa shape index (κ1) is 60.1. The van der Waals surface area contributed by atoms with Crippen molar-refractivity contribution in [2.24, 2.45) is 0 Å². The standard InChI is InChI=1S/C36H58BrCl2N9O17/c37-17-27(50)45-10-12-63-14-16-65-23-33(56)47-25(36(60)61)1-3-26(49)44-9-11-62-13-15-64-22-32(55)46-24(2-4-34(57)58)35(59)48(20-30(53)42-7-5-40-28(51)18-38)21-31(54)43-8-6-41-29(52)19-39/h24-25H,1-23H2,(H,40,51)(H,41,52)(H,42,53)(H,43,54)(H,44,49)(H,45,50)(H,46,55)(H,47,56)(H,57,58)(H,60,61)/t24?,25-/m1/s1. The molecule has 0 bridgehead atoms. The number of carbonyl (C=O) groups excluding carboxylic acids is 9. The lowest BCUT2D eigenvalue weighted by atomic mass is 10.1. The molecule has 9 amide bonds. The van der Waals surface area contributed by atoms with E-state index in [4.69, 9.17) is 42.1 Å². The van der Waals surface area contributed by atoms with Crippen LogP contribution in [0.2, 0.25) is 0 Å². The molecule has 0 fully saturated rings. The summed E-state index contributed by atoms with van der Waals surface area (Å²) in [5, 5.41) is 38.4. The fourth-order valence-corrected chi connectivity index (χ4v) is 5.14. The first-order valence-corrected chi connectivity index (χ1v) is 22.1. The molecule has 0 rings (SSSR count). The monoisotopic (exact) mass is 1040 g/mol. The van der Waals surface area contributed by atoms with Gasteiger partial charge >= 0.3 is 11.9 Å². The lowest BCUT2D eigenvalue weighted by molar-refractivity contribution is -0.144. The number of nitrogens with one attached hydrogen (secondary N) is 8. The zero-order chi connectivity index (χ0) is 48.8. The Morgan fingerprint density at radius 2 is 0.877 bits per heavy atom. The Kier molecular flexibility index (Phi) is 35.4. The van der Waals surface area contributed by atoms with Crippen LogP contribution < -0.4 is 42.5 Å². The summed E-state index contributed by atoms with van der Waals surface area (Å²) in [5.41, 5.74) is 0. The summed E-state index contributed by atoms with van der Waals surface area (Å²) in [5.74, 6) is -9.01. The van der Waals surface area contributed by atoms with E-state index in [0.29, 0.717) is 6.54 Å². The third kappa shape index (κ3) is 34.1. The number of carboxylic acid groups (broad SMARTS) is 2. The lowest BCUT2D eigenvalue weighted by Gasteiger charge is -2.27. The molecule has 0 spiro atoms. The second kappa shape index (κ2) is 38.3. The Bertz CT molecular complexity index is 1520. The first-order chi connectivity index (χ1) is 31.0. The molecule has 0 saturated carbocycles. The molecule has 26 nitrogen and oxygen atoms in total. The van der Waals surface area contributed by atoms with Crippen LogP contribution in [0.25, 0.3) is 0 Å². The van der Waals surface area contributed by atoms with Crippen LogP contribution in [0.3, 0.4) is 0 Å². The van der Waals surface area contributed by atoms with E-state index < -0.39 is 110 Å². The van der Waals surface area contributed by atoms with Gasteiger partial charge in [0.25, 0.3) is 0 Å². The van der Waals surface area contributed by atoms with E-state index in [1.807, 2.05) is 0 Å². The number of ether oxygens (including phenoxy) is 4. The quantitative estimate of drug-likeness (QED) is 0.0204. The Balaban J connectivity index is 4.85. The highest BCUT2D eigenvalue weighted by molar-refractivity contribution is 9.09. The van der Waals surface area contributed by atoms with Gasteiger partial charge < -0.3 is 76.6 Å². The van der Waals surface area contributed by atoms with Crippen LogP contribution in [0.15, 0.2) is 0 Å². The fraction of sp³-hybridized carbons (Fsp3) is 0.694. The van der Waals surface area contributed by atoms with Gasteiger partial charge in [0.05, 0.1) is 45.0 Å². The maximum Gasteiger partial charge on any atom is 0.326 e. The number of amides is 9. The SMILES string of the molecule is O=C(O)CCC(NC(=O)COCCOCCNC(=O)CC[C@@H](NC(=O)COCCOCCNC(=O)CBr)C(=O)O)C(=O)N(CC(=O)NCCNC(=O)CCl)CC(=O)NCCNC(=O)CCl. The molecule has 10 N–H and O–H groups in total. The molecule has 0 radical (unpaired) electrons. The largest absolute Gasteiger partial charge is 0.481 e. The van der Waals surface area contributed by atoms with Gasteiger partial charge in [0.1, 0.15) is 50.1 Å². The van der Waals surface area contributed by atoms with Crippen molar-refractivity contribution < 1.29 is 81.9 Å². The average Bonchev–Trinajstić information content (AvgIpc) is 3.27. The summed E-state index contributed by atoms with van der Waals surface area (Å²) in [4.78, 5) is 134. The van der Waals surface area contributed by atoms with Crippen molar-refractivity contribution >= 4 is 104 Å². The van der Waals surface area contributed by atoms with Gasteiger partial charge in [0.15, 0.2) is 0 Å². The van der Waals surface area contributed by atoms with E-state index in [2.05, 4.69) is 58.5 Å². The number of nitrogens with zero attached hydrogens (tertiary/aromatic N) is 1. The predicted octanol–water partition coefficient (Wildman–Crippen LogP) is -4.85. The van der Waals surface area contributed by atoms with Crippen molar-refractivity contribution in [3.8, 4) is 0 Å². The molecule has 65 heavy (non-hydrogen) atoms. The number of rotatable bonds is 39. The van der Waals surface area contributed by atoms with Crippen LogP contribution >= 0.6 is 39.1 Å².